The molecule has 1 fully saturated rings. The predicted octanol–water partition coefficient (Wildman–Crippen LogP) is 4.14. The normalized spacial score (nSPS) is 15.0. The number of hydrogen-bond donors (Lipinski definition) is 1. The molecule has 9 heteroatoms. The van der Waals surface area contributed by atoms with Crippen molar-refractivity contribution in [3.8, 4) is 17.2 Å². The van der Waals surface area contributed by atoms with E-state index in [1.807, 2.05) is 12.1 Å². The molecule has 8 nitrogen and oxygen atoms in total. The van der Waals surface area contributed by atoms with Crippen molar-refractivity contribution in [2.75, 3.05) is 59.0 Å². The van der Waals surface area contributed by atoms with Crippen LogP contribution in [0.5, 0.6) is 17.2 Å². The monoisotopic (exact) mass is 509 g/mol. The number of nitrogens with zero attached hydrogens (tertiary/aromatic N) is 2. The summed E-state index contributed by atoms with van der Waals surface area (Å²) in [6.45, 7) is 3.53. The molecule has 196 valence electrons. The Bertz CT molecular complexity index is 1160. The van der Waals surface area contributed by atoms with Gasteiger partial charge in [-0.2, -0.15) is 0 Å². The Labute approximate surface area is 216 Å². The summed E-state index contributed by atoms with van der Waals surface area (Å²) in [4.78, 5) is 17.2. The van der Waals surface area contributed by atoms with Gasteiger partial charge in [-0.25, -0.2) is 4.39 Å². The van der Waals surface area contributed by atoms with Crippen LogP contribution >= 0.6 is 0 Å². The van der Waals surface area contributed by atoms with Crippen LogP contribution in [-0.2, 0) is 4.79 Å². The minimum atomic E-state index is -0.240. The number of furan rings is 1. The average Bonchev–Trinajstić information content (AvgIpc) is 3.47. The molecule has 0 aliphatic carbocycles. The topological polar surface area (TPSA) is 76.4 Å². The first-order valence-electron chi connectivity index (χ1n) is 12.1. The molecule has 0 bridgehead atoms. The zero-order valence-electron chi connectivity index (χ0n) is 21.3. The number of hydrogen-bond acceptors (Lipinski definition) is 7. The van der Waals surface area contributed by atoms with Crippen LogP contribution in [-0.4, -0.2) is 64.9 Å². The lowest BCUT2D eigenvalue weighted by Crippen LogP contribution is -2.49. The third-order valence-electron chi connectivity index (χ3n) is 6.40. The van der Waals surface area contributed by atoms with E-state index < -0.39 is 0 Å². The van der Waals surface area contributed by atoms with Crippen molar-refractivity contribution in [2.24, 2.45) is 0 Å². The molecule has 1 N–H and O–H groups in total. The van der Waals surface area contributed by atoms with E-state index in [0.29, 0.717) is 23.8 Å². The number of carbonyl (C=O) groups excluding carboxylic acids is 1. The molecule has 1 aliphatic heterocycles. The standard InChI is InChI=1S/C28H32FN3O5/c1-34-25-17-20(18-26(35-2)28(25)36-3)6-11-27(33)30-19-23(24-5-4-16-37-24)32-14-12-31(13-15-32)22-9-7-21(29)8-10-22/h4-11,16-18,23H,12-15,19H2,1-3H3,(H,30,33)/b11-6+. The van der Waals surface area contributed by atoms with Crippen LogP contribution in [0.1, 0.15) is 17.4 Å². The summed E-state index contributed by atoms with van der Waals surface area (Å²) in [6.07, 6.45) is 4.82. The van der Waals surface area contributed by atoms with Gasteiger partial charge in [0.15, 0.2) is 11.5 Å². The Morgan fingerprint density at radius 1 is 1.03 bits per heavy atom. The molecule has 1 atom stereocenters. The zero-order chi connectivity index (χ0) is 26.2. The summed E-state index contributed by atoms with van der Waals surface area (Å²) in [5.41, 5.74) is 1.74. The molecule has 1 aromatic heterocycles. The lowest BCUT2D eigenvalue weighted by molar-refractivity contribution is -0.116. The fraction of sp³-hybridized carbons (Fsp3) is 0.321. The summed E-state index contributed by atoms with van der Waals surface area (Å²) in [6, 6.07) is 13.8. The maximum absolute atomic E-state index is 13.3. The Morgan fingerprint density at radius 2 is 1.70 bits per heavy atom. The molecule has 1 unspecified atom stereocenters. The van der Waals surface area contributed by atoms with Crippen molar-refractivity contribution in [1.82, 2.24) is 10.2 Å². The van der Waals surface area contributed by atoms with Crippen molar-refractivity contribution in [2.45, 2.75) is 6.04 Å². The second-order valence-corrected chi connectivity index (χ2v) is 8.57. The van der Waals surface area contributed by atoms with Crippen LogP contribution < -0.4 is 24.4 Å². The van der Waals surface area contributed by atoms with Gasteiger partial charge >= 0.3 is 0 Å². The van der Waals surface area contributed by atoms with E-state index in [4.69, 9.17) is 18.6 Å². The molecule has 37 heavy (non-hydrogen) atoms. The summed E-state index contributed by atoms with van der Waals surface area (Å²) in [7, 11) is 4.64. The number of nitrogens with one attached hydrogen (secondary N) is 1. The minimum absolute atomic E-state index is 0.108. The molecule has 3 aromatic rings. The molecule has 0 saturated carbocycles. The quantitative estimate of drug-likeness (QED) is 0.412. The minimum Gasteiger partial charge on any atom is -0.493 e. The maximum atomic E-state index is 13.3. The average molecular weight is 510 g/mol. The number of amides is 1. The number of ether oxygens (including phenoxy) is 3. The van der Waals surface area contributed by atoms with Crippen LogP contribution in [0, 0.1) is 5.82 Å². The van der Waals surface area contributed by atoms with Gasteiger partial charge < -0.3 is 28.8 Å². The maximum Gasteiger partial charge on any atom is 0.244 e. The number of benzene rings is 2. The number of halogens is 1. The van der Waals surface area contributed by atoms with Crippen molar-refractivity contribution in [3.05, 3.63) is 78.0 Å². The second-order valence-electron chi connectivity index (χ2n) is 8.57. The fourth-order valence-electron chi connectivity index (χ4n) is 4.46. The third-order valence-corrected chi connectivity index (χ3v) is 6.40. The molecule has 2 heterocycles. The zero-order valence-corrected chi connectivity index (χ0v) is 21.3. The number of carbonyl (C=O) groups is 1. The van der Waals surface area contributed by atoms with E-state index in [1.54, 1.807) is 57.9 Å². The number of anilines is 1. The van der Waals surface area contributed by atoms with Crippen molar-refractivity contribution in [3.63, 3.8) is 0 Å². The summed E-state index contributed by atoms with van der Waals surface area (Å²) in [5.74, 6) is 1.85. The van der Waals surface area contributed by atoms with Crippen LogP contribution in [0.4, 0.5) is 10.1 Å². The van der Waals surface area contributed by atoms with Gasteiger partial charge in [-0.1, -0.05) is 0 Å². The van der Waals surface area contributed by atoms with Gasteiger partial charge in [-0.3, -0.25) is 9.69 Å². The summed E-state index contributed by atoms with van der Waals surface area (Å²) >= 11 is 0. The van der Waals surface area contributed by atoms with Gasteiger partial charge in [-0.15, -0.1) is 0 Å². The highest BCUT2D eigenvalue weighted by atomic mass is 19.1. The predicted molar refractivity (Wildman–Crippen MR) is 140 cm³/mol. The summed E-state index contributed by atoms with van der Waals surface area (Å²) < 4.78 is 35.1. The van der Waals surface area contributed by atoms with E-state index in [9.17, 15) is 9.18 Å². The number of piperazine rings is 1. The molecule has 1 amide bonds. The van der Waals surface area contributed by atoms with Crippen LogP contribution in [0.3, 0.4) is 0 Å². The van der Waals surface area contributed by atoms with E-state index in [2.05, 4.69) is 15.1 Å². The van der Waals surface area contributed by atoms with E-state index in [0.717, 1.165) is 43.2 Å². The van der Waals surface area contributed by atoms with E-state index in [-0.39, 0.29) is 17.8 Å². The first-order chi connectivity index (χ1) is 18.0. The highest BCUT2D eigenvalue weighted by Gasteiger charge is 2.27. The van der Waals surface area contributed by atoms with Crippen molar-refractivity contribution in [1.29, 1.82) is 0 Å². The van der Waals surface area contributed by atoms with Gasteiger partial charge in [0.05, 0.1) is 33.6 Å². The molecule has 1 saturated heterocycles. The first kappa shape index (κ1) is 26.1. The van der Waals surface area contributed by atoms with Crippen LogP contribution in [0.25, 0.3) is 6.08 Å². The molecule has 4 rings (SSSR count). The van der Waals surface area contributed by atoms with Crippen LogP contribution in [0.15, 0.2) is 65.3 Å². The van der Waals surface area contributed by atoms with Crippen molar-refractivity contribution < 1.29 is 27.8 Å². The van der Waals surface area contributed by atoms with Crippen LogP contribution in [0.2, 0.25) is 0 Å². The van der Waals surface area contributed by atoms with E-state index in [1.165, 1.54) is 18.2 Å². The Morgan fingerprint density at radius 3 is 2.27 bits per heavy atom. The highest BCUT2D eigenvalue weighted by molar-refractivity contribution is 5.92. The molecule has 2 aromatic carbocycles. The molecule has 1 aliphatic rings. The summed E-state index contributed by atoms with van der Waals surface area (Å²) in [5, 5.41) is 3.00. The van der Waals surface area contributed by atoms with Gasteiger partial charge in [0.2, 0.25) is 11.7 Å². The lowest BCUT2D eigenvalue weighted by atomic mass is 10.1. The molecule has 0 spiro atoms. The van der Waals surface area contributed by atoms with Gasteiger partial charge in [0.25, 0.3) is 0 Å². The van der Waals surface area contributed by atoms with E-state index >= 15 is 0 Å². The second kappa shape index (κ2) is 12.3. The molecule has 0 radical (unpaired) electrons. The van der Waals surface area contributed by atoms with Crippen molar-refractivity contribution >= 4 is 17.7 Å². The number of rotatable bonds is 10. The smallest absolute Gasteiger partial charge is 0.244 e. The van der Waals surface area contributed by atoms with Gasteiger partial charge in [0, 0.05) is 44.5 Å². The molecular formula is C28H32FN3O5. The Hall–Kier alpha value is -3.98. The SMILES string of the molecule is COc1cc(/C=C/C(=O)NCC(c2ccco2)N2CCN(c3ccc(F)cc3)CC2)cc(OC)c1OC. The Balaban J connectivity index is 1.38. The molecular weight excluding hydrogens is 477 g/mol. The number of methoxy groups -OCH3 is 3. The Kier molecular flexibility index (Phi) is 8.68. The first-order valence-corrected chi connectivity index (χ1v) is 12.1. The highest BCUT2D eigenvalue weighted by Crippen LogP contribution is 2.38. The lowest BCUT2D eigenvalue weighted by Gasteiger charge is -2.39. The fourth-order valence-corrected chi connectivity index (χ4v) is 4.46. The van der Waals surface area contributed by atoms with Gasteiger partial charge in [-0.05, 0) is 60.2 Å². The third kappa shape index (κ3) is 6.42. The largest absolute Gasteiger partial charge is 0.493 e. The van der Waals surface area contributed by atoms with Gasteiger partial charge in [0.1, 0.15) is 11.6 Å².